The molecule has 1 rings (SSSR count). The van der Waals surface area contributed by atoms with Gasteiger partial charge in [0.25, 0.3) is 0 Å². The molecule has 3 nitrogen and oxygen atoms in total. The molecule has 0 spiro atoms. The van der Waals surface area contributed by atoms with Gasteiger partial charge in [-0.2, -0.15) is 0 Å². The number of carbonyl (C=O) groups excluding carboxylic acids is 1. The highest BCUT2D eigenvalue weighted by molar-refractivity contribution is 7.66. The summed E-state index contributed by atoms with van der Waals surface area (Å²) in [5.41, 5.74) is 0.0285. The zero-order chi connectivity index (χ0) is 9.19. The maximum absolute atomic E-state index is 11.1. The van der Waals surface area contributed by atoms with Crippen molar-refractivity contribution in [2.45, 2.75) is 20.3 Å². The van der Waals surface area contributed by atoms with Crippen molar-refractivity contribution in [2.24, 2.45) is 5.41 Å². The molecule has 0 N–H and O–H groups in total. The van der Waals surface area contributed by atoms with E-state index in [1.54, 1.807) is 0 Å². The molecule has 4 heteroatoms. The summed E-state index contributed by atoms with van der Waals surface area (Å²) in [4.78, 5) is 11.1. The van der Waals surface area contributed by atoms with Crippen LogP contribution in [-0.4, -0.2) is 18.7 Å². The van der Waals surface area contributed by atoms with E-state index < -0.39 is 8.38 Å². The lowest BCUT2D eigenvalue weighted by molar-refractivity contribution is -0.113. The van der Waals surface area contributed by atoms with Crippen molar-refractivity contribution in [3.8, 4) is 0 Å². The van der Waals surface area contributed by atoms with Crippen molar-refractivity contribution < 1.29 is 13.8 Å². The molecule has 0 aromatic rings. The summed E-state index contributed by atoms with van der Waals surface area (Å²) in [5, 5.41) is 0. The second kappa shape index (κ2) is 3.82. The van der Waals surface area contributed by atoms with Gasteiger partial charge in [0.1, 0.15) is 0 Å². The Balaban J connectivity index is 2.41. The van der Waals surface area contributed by atoms with Gasteiger partial charge in [-0.25, -0.2) is 0 Å². The summed E-state index contributed by atoms with van der Waals surface area (Å²) in [7, 11) is -1.29. The van der Waals surface area contributed by atoms with Crippen LogP contribution in [0.2, 0.25) is 0 Å². The minimum atomic E-state index is -1.29. The van der Waals surface area contributed by atoms with Gasteiger partial charge in [0.2, 0.25) is 13.9 Å². The van der Waals surface area contributed by atoms with E-state index in [-0.39, 0.29) is 17.4 Å². The molecule has 1 radical (unpaired) electrons. The van der Waals surface area contributed by atoms with Crippen molar-refractivity contribution in [1.29, 1.82) is 0 Å². The molecule has 12 heavy (non-hydrogen) atoms. The van der Waals surface area contributed by atoms with Crippen LogP contribution in [0.3, 0.4) is 0 Å². The van der Waals surface area contributed by atoms with Crippen LogP contribution in [0.4, 0.5) is 0 Å². The average Bonchev–Trinajstić information content (AvgIpc) is 2.03. The van der Waals surface area contributed by atoms with Crippen LogP contribution in [0.25, 0.3) is 0 Å². The Hall–Kier alpha value is 0.0200. The molecule has 0 aromatic carbocycles. The third kappa shape index (κ3) is 2.51. The molecule has 1 saturated heterocycles. The van der Waals surface area contributed by atoms with Gasteiger partial charge in [0, 0.05) is 11.8 Å². The van der Waals surface area contributed by atoms with Crippen LogP contribution in [0.5, 0.6) is 0 Å². The lowest BCUT2D eigenvalue weighted by Gasteiger charge is -2.32. The third-order valence-electron chi connectivity index (χ3n) is 1.56. The minimum Gasteiger partial charge on any atom is -0.328 e. The molecular formula is C8H14O3P. The zero-order valence-corrected chi connectivity index (χ0v) is 8.39. The van der Waals surface area contributed by atoms with Gasteiger partial charge >= 0.3 is 0 Å². The molecule has 0 unspecified atom stereocenters. The minimum absolute atomic E-state index is 0.0134. The predicted octanol–water partition coefficient (Wildman–Crippen LogP) is 2.12. The smallest absolute Gasteiger partial charge is 0.243 e. The van der Waals surface area contributed by atoms with Crippen molar-refractivity contribution in [3.63, 3.8) is 0 Å². The highest BCUT2D eigenvalue weighted by atomic mass is 31.2. The normalized spacial score (nSPS) is 23.9. The molecule has 0 aromatic heterocycles. The molecule has 0 bridgehead atoms. The van der Waals surface area contributed by atoms with Gasteiger partial charge in [-0.3, -0.25) is 4.79 Å². The van der Waals surface area contributed by atoms with Crippen molar-refractivity contribution in [3.05, 3.63) is 6.92 Å². The Labute approximate surface area is 74.3 Å². The second-order valence-corrected chi connectivity index (χ2v) is 5.14. The average molecular weight is 189 g/mol. The third-order valence-corrected chi connectivity index (χ3v) is 2.92. The van der Waals surface area contributed by atoms with Gasteiger partial charge in [-0.1, -0.05) is 13.8 Å². The van der Waals surface area contributed by atoms with E-state index >= 15 is 0 Å². The molecule has 0 atom stereocenters. The van der Waals surface area contributed by atoms with Crippen molar-refractivity contribution in [1.82, 2.24) is 0 Å². The van der Waals surface area contributed by atoms with E-state index in [0.29, 0.717) is 13.2 Å². The maximum atomic E-state index is 11.1. The van der Waals surface area contributed by atoms with E-state index in [1.165, 1.54) is 0 Å². The molecule has 0 aliphatic carbocycles. The fraction of sp³-hybridized carbons (Fsp3) is 0.750. The fourth-order valence-corrected chi connectivity index (χ4v) is 2.26. The quantitative estimate of drug-likeness (QED) is 0.624. The molecule has 1 fully saturated rings. The predicted molar refractivity (Wildman–Crippen MR) is 47.6 cm³/mol. The van der Waals surface area contributed by atoms with Crippen LogP contribution in [0.1, 0.15) is 20.3 Å². The van der Waals surface area contributed by atoms with Gasteiger partial charge in [0.15, 0.2) is 0 Å². The largest absolute Gasteiger partial charge is 0.328 e. The number of hydrogen-bond donors (Lipinski definition) is 0. The van der Waals surface area contributed by atoms with Crippen LogP contribution < -0.4 is 0 Å². The summed E-state index contributed by atoms with van der Waals surface area (Å²) in [5.74, 6) is 0. The topological polar surface area (TPSA) is 35.5 Å². The monoisotopic (exact) mass is 189 g/mol. The summed E-state index contributed by atoms with van der Waals surface area (Å²) >= 11 is 0. The molecule has 0 saturated carbocycles. The molecular weight excluding hydrogens is 175 g/mol. The van der Waals surface area contributed by atoms with Crippen LogP contribution in [-0.2, 0) is 13.8 Å². The number of hydrogen-bond acceptors (Lipinski definition) is 3. The van der Waals surface area contributed by atoms with Crippen LogP contribution in [0, 0.1) is 12.3 Å². The lowest BCUT2D eigenvalue weighted by Crippen LogP contribution is -2.29. The van der Waals surface area contributed by atoms with E-state index in [9.17, 15) is 4.79 Å². The Morgan fingerprint density at radius 2 is 2.00 bits per heavy atom. The second-order valence-electron chi connectivity index (χ2n) is 3.61. The Kier molecular flexibility index (Phi) is 3.22. The highest BCUT2D eigenvalue weighted by Gasteiger charge is 2.32. The first-order valence-corrected chi connectivity index (χ1v) is 5.11. The molecule has 69 valence electrons. The highest BCUT2D eigenvalue weighted by Crippen LogP contribution is 2.46. The van der Waals surface area contributed by atoms with Crippen LogP contribution in [0.15, 0.2) is 0 Å². The lowest BCUT2D eigenvalue weighted by atomic mass is 9.97. The van der Waals surface area contributed by atoms with Gasteiger partial charge in [-0.05, 0) is 6.92 Å². The molecule has 0 amide bonds. The SMILES string of the molecule is [CH2]CC(=O)P1OCC(C)(C)CO1. The van der Waals surface area contributed by atoms with Crippen molar-refractivity contribution in [2.75, 3.05) is 13.2 Å². The Bertz CT molecular complexity index is 169. The van der Waals surface area contributed by atoms with E-state index in [2.05, 4.69) is 6.92 Å². The summed E-state index contributed by atoms with van der Waals surface area (Å²) in [6, 6.07) is 0. The van der Waals surface area contributed by atoms with E-state index in [4.69, 9.17) is 9.05 Å². The van der Waals surface area contributed by atoms with Crippen LogP contribution >= 0.6 is 8.38 Å². The summed E-state index contributed by atoms with van der Waals surface area (Å²) < 4.78 is 10.6. The first-order valence-electron chi connectivity index (χ1n) is 3.93. The standard InChI is InChI=1S/C8H14O3P/c1-4-7(9)12-10-5-8(2,3)6-11-12/h1,4-6H2,2-3H3. The van der Waals surface area contributed by atoms with E-state index in [0.717, 1.165) is 0 Å². The first kappa shape index (κ1) is 10.1. The van der Waals surface area contributed by atoms with E-state index in [1.807, 2.05) is 13.8 Å². The van der Waals surface area contributed by atoms with Gasteiger partial charge < -0.3 is 9.05 Å². The zero-order valence-electron chi connectivity index (χ0n) is 7.50. The molecule has 1 heterocycles. The fourth-order valence-electron chi connectivity index (χ4n) is 0.781. The van der Waals surface area contributed by atoms with Gasteiger partial charge in [-0.15, -0.1) is 0 Å². The first-order chi connectivity index (χ1) is 5.55. The summed E-state index contributed by atoms with van der Waals surface area (Å²) in [6.45, 7) is 8.81. The summed E-state index contributed by atoms with van der Waals surface area (Å²) in [6.07, 6.45) is 0.256. The number of rotatable bonds is 2. The Morgan fingerprint density at radius 3 is 2.42 bits per heavy atom. The van der Waals surface area contributed by atoms with Gasteiger partial charge in [0.05, 0.1) is 13.2 Å². The molecule has 1 aliphatic rings. The molecule has 1 aliphatic heterocycles. The maximum Gasteiger partial charge on any atom is 0.243 e. The number of carbonyl (C=O) groups is 1. The van der Waals surface area contributed by atoms with Crippen molar-refractivity contribution >= 4 is 13.9 Å². The Morgan fingerprint density at radius 1 is 1.50 bits per heavy atom.